The van der Waals surface area contributed by atoms with Gasteiger partial charge in [0, 0.05) is 23.9 Å². The highest BCUT2D eigenvalue weighted by Crippen LogP contribution is 2.21. The molecule has 1 heterocycles. The first-order valence-electron chi connectivity index (χ1n) is 11.6. The van der Waals surface area contributed by atoms with Crippen molar-refractivity contribution in [2.75, 3.05) is 18.9 Å². The molecular weight excluding hydrogens is 486 g/mol. The molecule has 2 aromatic carbocycles. The third-order valence-electron chi connectivity index (χ3n) is 5.60. The number of aromatic amines is 1. The molecule has 0 bridgehead atoms. The van der Waals surface area contributed by atoms with E-state index < -0.39 is 10.0 Å². The summed E-state index contributed by atoms with van der Waals surface area (Å²) in [6, 6.07) is 15.8. The van der Waals surface area contributed by atoms with E-state index in [-0.39, 0.29) is 23.5 Å². The Hall–Kier alpha value is -2.89. The van der Waals surface area contributed by atoms with Gasteiger partial charge in [-0.2, -0.15) is 0 Å². The van der Waals surface area contributed by atoms with Crippen LogP contribution in [0.5, 0.6) is 5.75 Å². The molecule has 0 radical (unpaired) electrons. The van der Waals surface area contributed by atoms with Gasteiger partial charge in [-0.05, 0) is 37.1 Å². The molecule has 0 aliphatic heterocycles. The molecule has 3 N–H and O–H groups in total. The number of carbonyl (C=O) groups excluding carboxylic acids is 1. The maximum absolute atomic E-state index is 12.6. The Morgan fingerprint density at radius 3 is 2.54 bits per heavy atom. The van der Waals surface area contributed by atoms with E-state index >= 15 is 0 Å². The van der Waals surface area contributed by atoms with Gasteiger partial charge in [-0.3, -0.25) is 9.89 Å². The number of ether oxygens (including phenoxy) is 1. The van der Waals surface area contributed by atoms with Crippen LogP contribution in [0.2, 0.25) is 0 Å². The lowest BCUT2D eigenvalue weighted by Crippen LogP contribution is -2.36. The van der Waals surface area contributed by atoms with Gasteiger partial charge in [0.15, 0.2) is 12.4 Å². The topological polar surface area (TPSA) is 126 Å². The molecule has 1 aliphatic carbocycles. The van der Waals surface area contributed by atoms with Gasteiger partial charge in [0.2, 0.25) is 15.2 Å². The van der Waals surface area contributed by atoms with Crippen LogP contribution in [0.25, 0.3) is 11.4 Å². The summed E-state index contributed by atoms with van der Waals surface area (Å²) in [5.41, 5.74) is 0.961. The number of rotatable bonds is 11. The van der Waals surface area contributed by atoms with Crippen LogP contribution in [-0.4, -0.2) is 54.5 Å². The number of hydrogen-bond donors (Lipinski definition) is 3. The Morgan fingerprint density at radius 2 is 1.80 bits per heavy atom. The fourth-order valence-corrected chi connectivity index (χ4v) is 5.75. The quantitative estimate of drug-likeness (QED) is 0.264. The highest BCUT2D eigenvalue weighted by Gasteiger charge is 2.21. The summed E-state index contributed by atoms with van der Waals surface area (Å²) < 4.78 is 33.4. The number of thioether (sulfide) groups is 1. The van der Waals surface area contributed by atoms with E-state index in [1.165, 1.54) is 23.9 Å². The van der Waals surface area contributed by atoms with Crippen molar-refractivity contribution in [1.29, 1.82) is 0 Å². The van der Waals surface area contributed by atoms with E-state index in [9.17, 15) is 13.2 Å². The zero-order chi connectivity index (χ0) is 24.5. The zero-order valence-electron chi connectivity index (χ0n) is 19.3. The summed E-state index contributed by atoms with van der Waals surface area (Å²) in [6.07, 6.45) is 5.02. The van der Waals surface area contributed by atoms with Gasteiger partial charge in [-0.25, -0.2) is 18.1 Å². The molecule has 35 heavy (non-hydrogen) atoms. The predicted molar refractivity (Wildman–Crippen MR) is 135 cm³/mol. The molecule has 1 aliphatic rings. The predicted octanol–water partition coefficient (Wildman–Crippen LogP) is 3.37. The number of nitrogens with zero attached hydrogens (tertiary/aromatic N) is 2. The molecule has 0 atom stereocenters. The van der Waals surface area contributed by atoms with Crippen LogP contribution >= 0.6 is 11.8 Å². The van der Waals surface area contributed by atoms with E-state index in [0.717, 1.165) is 37.7 Å². The van der Waals surface area contributed by atoms with Crippen LogP contribution < -0.4 is 14.8 Å². The first kappa shape index (κ1) is 25.2. The number of benzene rings is 2. The summed E-state index contributed by atoms with van der Waals surface area (Å²) in [4.78, 5) is 16.7. The van der Waals surface area contributed by atoms with Crippen molar-refractivity contribution in [2.24, 2.45) is 0 Å². The monoisotopic (exact) mass is 515 g/mol. The number of hydrogen-bond acceptors (Lipinski definition) is 7. The Kier molecular flexibility index (Phi) is 8.78. The molecule has 11 heteroatoms. The van der Waals surface area contributed by atoms with Gasteiger partial charge in [-0.15, -0.1) is 5.10 Å². The van der Waals surface area contributed by atoms with Crippen LogP contribution in [-0.2, 0) is 14.8 Å². The SMILES string of the molecule is O=C(COc1ccc(S(=O)(=O)NC2CCCCC2)cc1)NCCSc1n[nH]c(-c2ccccc2)n1. The molecule has 4 rings (SSSR count). The van der Waals surface area contributed by atoms with Crippen molar-refractivity contribution in [2.45, 2.75) is 48.2 Å². The minimum Gasteiger partial charge on any atom is -0.484 e. The number of carbonyl (C=O) groups is 1. The molecule has 1 fully saturated rings. The van der Waals surface area contributed by atoms with Crippen molar-refractivity contribution in [3.63, 3.8) is 0 Å². The Labute approximate surface area is 209 Å². The Morgan fingerprint density at radius 1 is 1.06 bits per heavy atom. The molecule has 1 aromatic heterocycles. The van der Waals surface area contributed by atoms with Crippen molar-refractivity contribution >= 4 is 27.7 Å². The number of H-pyrrole nitrogens is 1. The number of nitrogens with one attached hydrogen (secondary N) is 3. The average molecular weight is 516 g/mol. The van der Waals surface area contributed by atoms with Crippen molar-refractivity contribution in [3.05, 3.63) is 54.6 Å². The molecule has 9 nitrogen and oxygen atoms in total. The van der Waals surface area contributed by atoms with E-state index in [1.54, 1.807) is 12.1 Å². The number of amides is 1. The van der Waals surface area contributed by atoms with Crippen LogP contribution in [0.3, 0.4) is 0 Å². The average Bonchev–Trinajstić information content (AvgIpc) is 3.36. The van der Waals surface area contributed by atoms with Gasteiger partial charge in [0.25, 0.3) is 5.91 Å². The molecule has 0 saturated heterocycles. The van der Waals surface area contributed by atoms with E-state index in [0.29, 0.717) is 29.0 Å². The lowest BCUT2D eigenvalue weighted by Gasteiger charge is -2.22. The minimum atomic E-state index is -3.56. The molecule has 1 saturated carbocycles. The van der Waals surface area contributed by atoms with Gasteiger partial charge in [-0.1, -0.05) is 61.4 Å². The lowest BCUT2D eigenvalue weighted by molar-refractivity contribution is -0.122. The van der Waals surface area contributed by atoms with Gasteiger partial charge in [0.1, 0.15) is 5.75 Å². The van der Waals surface area contributed by atoms with Crippen LogP contribution in [0, 0.1) is 0 Å². The first-order valence-corrected chi connectivity index (χ1v) is 14.1. The fourth-order valence-electron chi connectivity index (χ4n) is 3.79. The van der Waals surface area contributed by atoms with E-state index in [4.69, 9.17) is 4.74 Å². The summed E-state index contributed by atoms with van der Waals surface area (Å²) in [6.45, 7) is 0.280. The summed E-state index contributed by atoms with van der Waals surface area (Å²) >= 11 is 1.44. The molecule has 0 spiro atoms. The van der Waals surface area contributed by atoms with Crippen molar-refractivity contribution < 1.29 is 17.9 Å². The van der Waals surface area contributed by atoms with Crippen molar-refractivity contribution in [1.82, 2.24) is 25.2 Å². The minimum absolute atomic E-state index is 0.00116. The second-order valence-corrected chi connectivity index (χ2v) is 11.0. The Balaban J connectivity index is 1.15. The third-order valence-corrected chi connectivity index (χ3v) is 7.98. The largest absolute Gasteiger partial charge is 0.484 e. The van der Waals surface area contributed by atoms with E-state index in [1.807, 2.05) is 30.3 Å². The van der Waals surface area contributed by atoms with Crippen LogP contribution in [0.4, 0.5) is 0 Å². The highest BCUT2D eigenvalue weighted by atomic mass is 32.2. The maximum Gasteiger partial charge on any atom is 0.257 e. The highest BCUT2D eigenvalue weighted by molar-refractivity contribution is 7.99. The summed E-state index contributed by atoms with van der Waals surface area (Å²) in [5, 5.41) is 10.5. The molecular formula is C24H29N5O4S2. The normalized spacial score (nSPS) is 14.5. The number of sulfonamides is 1. The molecule has 186 valence electrons. The van der Waals surface area contributed by atoms with Crippen molar-refractivity contribution in [3.8, 4) is 17.1 Å². The number of aromatic nitrogens is 3. The second-order valence-electron chi connectivity index (χ2n) is 8.25. The maximum atomic E-state index is 12.6. The third kappa shape index (κ3) is 7.55. The zero-order valence-corrected chi connectivity index (χ0v) is 20.9. The first-order chi connectivity index (χ1) is 17.0. The second kappa shape index (κ2) is 12.2. The smallest absolute Gasteiger partial charge is 0.257 e. The Bertz CT molecular complexity index is 1190. The molecule has 3 aromatic rings. The van der Waals surface area contributed by atoms with Crippen LogP contribution in [0.1, 0.15) is 32.1 Å². The lowest BCUT2D eigenvalue weighted by atomic mass is 9.96. The molecule has 0 unspecified atom stereocenters. The summed E-state index contributed by atoms with van der Waals surface area (Å²) in [7, 11) is -3.56. The fraction of sp³-hybridized carbons (Fsp3) is 0.375. The van der Waals surface area contributed by atoms with E-state index in [2.05, 4.69) is 25.2 Å². The summed E-state index contributed by atoms with van der Waals surface area (Å²) in [5.74, 6) is 1.48. The standard InChI is InChI=1S/C24H29N5O4S2/c30-22(25-15-16-34-24-26-23(27-28-24)18-7-3-1-4-8-18)17-33-20-11-13-21(14-12-20)35(31,32)29-19-9-5-2-6-10-19/h1,3-4,7-8,11-14,19,29H,2,5-6,9-10,15-17H2,(H,25,30)(H,26,27,28). The van der Waals surface area contributed by atoms with Gasteiger partial charge >= 0.3 is 0 Å². The van der Waals surface area contributed by atoms with Gasteiger partial charge < -0.3 is 10.1 Å². The van der Waals surface area contributed by atoms with Crippen LogP contribution in [0.15, 0.2) is 64.6 Å². The van der Waals surface area contributed by atoms with Gasteiger partial charge in [0.05, 0.1) is 4.90 Å². The molecule has 1 amide bonds.